The second-order valence-corrected chi connectivity index (χ2v) is 6.42. The lowest BCUT2D eigenvalue weighted by atomic mass is 10.3. The number of benzene rings is 2. The Kier molecular flexibility index (Phi) is 4.13. The van der Waals surface area contributed by atoms with Crippen LogP contribution in [0.4, 0.5) is 5.69 Å². The summed E-state index contributed by atoms with van der Waals surface area (Å²) in [4.78, 5) is 5.73. The van der Waals surface area contributed by atoms with Gasteiger partial charge in [-0.25, -0.2) is 4.98 Å². The van der Waals surface area contributed by atoms with Crippen molar-refractivity contribution in [1.29, 1.82) is 0 Å². The van der Waals surface area contributed by atoms with Crippen LogP contribution in [0.25, 0.3) is 11.1 Å². The first kappa shape index (κ1) is 15.1. The van der Waals surface area contributed by atoms with Crippen molar-refractivity contribution in [2.75, 3.05) is 18.7 Å². The molecule has 122 valence electrons. The first-order valence-corrected chi connectivity index (χ1v) is 8.77. The molecule has 2 aromatic carbocycles. The highest BCUT2D eigenvalue weighted by Crippen LogP contribution is 2.34. The molecule has 3 aromatic rings. The maximum Gasteiger partial charge on any atom is 0.205 e. The molecule has 0 fully saturated rings. The number of nitrogens with zero attached hydrogens (tertiary/aromatic N) is 3. The second kappa shape index (κ2) is 6.57. The van der Waals surface area contributed by atoms with E-state index in [1.165, 1.54) is 4.90 Å². The van der Waals surface area contributed by atoms with E-state index in [0.717, 1.165) is 35.5 Å². The number of hydrogen-bond acceptors (Lipinski definition) is 6. The van der Waals surface area contributed by atoms with Crippen molar-refractivity contribution < 1.29 is 9.15 Å². The highest BCUT2D eigenvalue weighted by molar-refractivity contribution is 7.98. The van der Waals surface area contributed by atoms with E-state index in [-0.39, 0.29) is 0 Å². The van der Waals surface area contributed by atoms with Gasteiger partial charge in [-0.15, -0.1) is 11.8 Å². The summed E-state index contributed by atoms with van der Waals surface area (Å²) < 4.78 is 11.1. The average Bonchev–Trinajstić information content (AvgIpc) is 3.28. The van der Waals surface area contributed by atoms with E-state index < -0.39 is 0 Å². The monoisotopic (exact) mass is 339 g/mol. The maximum absolute atomic E-state index is 5.82. The summed E-state index contributed by atoms with van der Waals surface area (Å²) in [6.45, 7) is 0.931. The lowest BCUT2D eigenvalue weighted by molar-refractivity contribution is 0.415. The molecule has 0 saturated carbocycles. The van der Waals surface area contributed by atoms with E-state index in [1.807, 2.05) is 41.6 Å². The molecule has 0 spiro atoms. The third-order valence-corrected chi connectivity index (χ3v) is 4.87. The van der Waals surface area contributed by atoms with Crippen LogP contribution in [0, 0.1) is 0 Å². The normalized spacial score (nSPS) is 13.8. The van der Waals surface area contributed by atoms with Gasteiger partial charge >= 0.3 is 0 Å². The Morgan fingerprint density at radius 3 is 3.00 bits per heavy atom. The minimum absolute atomic E-state index is 0.672. The van der Waals surface area contributed by atoms with Crippen LogP contribution >= 0.6 is 11.8 Å². The van der Waals surface area contributed by atoms with Crippen molar-refractivity contribution in [3.63, 3.8) is 0 Å². The molecule has 6 heteroatoms. The molecule has 5 nitrogen and oxygen atoms in total. The number of anilines is 1. The Labute approximate surface area is 144 Å². The number of thioether (sulfide) groups is 1. The van der Waals surface area contributed by atoms with Gasteiger partial charge in [-0.2, -0.15) is 5.10 Å². The van der Waals surface area contributed by atoms with Crippen LogP contribution in [0.3, 0.4) is 0 Å². The Bertz CT molecular complexity index is 891. The summed E-state index contributed by atoms with van der Waals surface area (Å²) in [6, 6.07) is 14.0. The number of oxazole rings is 1. The fourth-order valence-electron chi connectivity index (χ4n) is 2.65. The fraction of sp³-hybridized carbons (Fsp3) is 0.222. The van der Waals surface area contributed by atoms with Crippen LogP contribution in [0.5, 0.6) is 5.75 Å². The molecule has 24 heavy (non-hydrogen) atoms. The number of ether oxygens (including phenoxy) is 1. The zero-order valence-electron chi connectivity index (χ0n) is 13.3. The third-order valence-electron chi connectivity index (χ3n) is 3.82. The molecule has 2 heterocycles. The predicted octanol–water partition coefficient (Wildman–Crippen LogP) is 4.32. The average molecular weight is 339 g/mol. The van der Waals surface area contributed by atoms with Crippen LogP contribution in [0.15, 0.2) is 56.9 Å². The number of fused-ring (bicyclic) bond motifs is 1. The van der Waals surface area contributed by atoms with Crippen molar-refractivity contribution in [3.8, 4) is 5.75 Å². The van der Waals surface area contributed by atoms with Crippen molar-refractivity contribution in [1.82, 2.24) is 4.98 Å². The van der Waals surface area contributed by atoms with Crippen molar-refractivity contribution in [2.24, 2.45) is 5.10 Å². The molecule has 0 radical (unpaired) electrons. The van der Waals surface area contributed by atoms with Gasteiger partial charge in [0.15, 0.2) is 5.58 Å². The fourth-order valence-corrected chi connectivity index (χ4v) is 3.55. The number of hydrazone groups is 1. The lowest BCUT2D eigenvalue weighted by Crippen LogP contribution is -2.12. The van der Waals surface area contributed by atoms with Gasteiger partial charge in [0.2, 0.25) is 5.89 Å². The van der Waals surface area contributed by atoms with Crippen LogP contribution in [-0.4, -0.2) is 24.9 Å². The number of aromatic nitrogens is 1. The lowest BCUT2D eigenvalue weighted by Gasteiger charge is -2.17. The molecule has 0 atom stereocenters. The number of para-hydroxylation sites is 1. The van der Waals surface area contributed by atoms with E-state index in [4.69, 9.17) is 9.15 Å². The maximum atomic E-state index is 5.82. The van der Waals surface area contributed by atoms with Gasteiger partial charge in [-0.1, -0.05) is 12.1 Å². The van der Waals surface area contributed by atoms with Crippen molar-refractivity contribution in [3.05, 3.63) is 48.4 Å². The molecule has 1 aromatic heterocycles. The molecule has 0 amide bonds. The third kappa shape index (κ3) is 2.97. The number of rotatable bonds is 5. The van der Waals surface area contributed by atoms with Crippen LogP contribution in [0.1, 0.15) is 12.3 Å². The molecule has 0 unspecified atom stereocenters. The Morgan fingerprint density at radius 2 is 2.17 bits per heavy atom. The van der Waals surface area contributed by atoms with E-state index in [0.29, 0.717) is 11.6 Å². The van der Waals surface area contributed by atoms with Gasteiger partial charge in [0, 0.05) is 30.1 Å². The molecule has 0 N–H and O–H groups in total. The molecule has 0 saturated heterocycles. The molecular weight excluding hydrogens is 322 g/mol. The van der Waals surface area contributed by atoms with Gasteiger partial charge in [0.1, 0.15) is 11.3 Å². The van der Waals surface area contributed by atoms with E-state index >= 15 is 0 Å². The Balaban J connectivity index is 1.54. The predicted molar refractivity (Wildman–Crippen MR) is 97.0 cm³/mol. The molecule has 1 aliphatic rings. The first-order valence-electron chi connectivity index (χ1n) is 7.79. The van der Waals surface area contributed by atoms with E-state index in [2.05, 4.69) is 22.2 Å². The zero-order chi connectivity index (χ0) is 16.4. The van der Waals surface area contributed by atoms with Gasteiger partial charge in [0.25, 0.3) is 0 Å². The highest BCUT2D eigenvalue weighted by atomic mass is 32.2. The number of hydrogen-bond donors (Lipinski definition) is 0. The quantitative estimate of drug-likeness (QED) is 0.648. The summed E-state index contributed by atoms with van der Waals surface area (Å²) in [5, 5.41) is 6.46. The minimum Gasteiger partial charge on any atom is -0.497 e. The summed E-state index contributed by atoms with van der Waals surface area (Å²) in [7, 11) is 1.65. The van der Waals surface area contributed by atoms with Gasteiger partial charge in [-0.3, -0.25) is 5.01 Å². The molecule has 0 bridgehead atoms. The number of methoxy groups -OCH3 is 1. The standard InChI is InChI=1S/C18H17N3O2S/c1-22-13-7-8-16-14(11-13)20-18(23-16)12-24-17-6-3-2-5-15(17)21-10-4-9-19-21/h2-3,5-9,11H,4,10,12H2,1H3. The summed E-state index contributed by atoms with van der Waals surface area (Å²) in [5.41, 5.74) is 2.74. The van der Waals surface area contributed by atoms with Gasteiger partial charge < -0.3 is 9.15 Å². The van der Waals surface area contributed by atoms with E-state index in [1.54, 1.807) is 18.9 Å². The van der Waals surface area contributed by atoms with Gasteiger partial charge in [-0.05, 0) is 24.3 Å². The van der Waals surface area contributed by atoms with Crippen LogP contribution < -0.4 is 9.75 Å². The smallest absolute Gasteiger partial charge is 0.205 e. The topological polar surface area (TPSA) is 50.9 Å². The largest absolute Gasteiger partial charge is 0.497 e. The van der Waals surface area contributed by atoms with E-state index in [9.17, 15) is 0 Å². The van der Waals surface area contributed by atoms with Gasteiger partial charge in [0.05, 0.1) is 18.6 Å². The van der Waals surface area contributed by atoms with Crippen LogP contribution in [0.2, 0.25) is 0 Å². The molecule has 1 aliphatic heterocycles. The Morgan fingerprint density at radius 1 is 1.25 bits per heavy atom. The van der Waals surface area contributed by atoms with Crippen molar-refractivity contribution >= 4 is 34.8 Å². The molecular formula is C18H17N3O2S. The summed E-state index contributed by atoms with van der Waals surface area (Å²) in [5.74, 6) is 2.17. The SMILES string of the molecule is COc1ccc2oc(CSc3ccccc3N3CCC=N3)nc2c1. The first-order chi connectivity index (χ1) is 11.8. The molecule has 4 rings (SSSR count). The Hall–Kier alpha value is -2.47. The molecule has 0 aliphatic carbocycles. The summed E-state index contributed by atoms with van der Waals surface area (Å²) in [6.07, 6.45) is 2.95. The minimum atomic E-state index is 0.672. The highest BCUT2D eigenvalue weighted by Gasteiger charge is 2.14. The second-order valence-electron chi connectivity index (χ2n) is 5.41. The van der Waals surface area contributed by atoms with Crippen LogP contribution in [-0.2, 0) is 5.75 Å². The van der Waals surface area contributed by atoms with Crippen molar-refractivity contribution in [2.45, 2.75) is 17.1 Å². The summed E-state index contributed by atoms with van der Waals surface area (Å²) >= 11 is 1.71. The zero-order valence-corrected chi connectivity index (χ0v) is 14.1.